The Morgan fingerprint density at radius 3 is 1.31 bits per heavy atom. The van der Waals surface area contributed by atoms with Crippen molar-refractivity contribution in [3.63, 3.8) is 0 Å². The number of carbonyl (C=O) groups is 2. The molecule has 58 heavy (non-hydrogen) atoms. The summed E-state index contributed by atoms with van der Waals surface area (Å²) in [6.45, 7) is 0.578. The van der Waals surface area contributed by atoms with Crippen LogP contribution in [-0.2, 0) is 44.2 Å². The number of hydrogen-bond acceptors (Lipinski definition) is 17. The minimum Gasteiger partial charge on any atom is -0.480 e. The summed E-state index contributed by atoms with van der Waals surface area (Å²) >= 11 is 0. The van der Waals surface area contributed by atoms with E-state index in [1.54, 1.807) is 0 Å². The molecule has 5 saturated heterocycles. The number of rotatable bonds is 18. The van der Waals surface area contributed by atoms with Crippen molar-refractivity contribution in [2.24, 2.45) is 34.8 Å². The molecule has 6 fully saturated rings. The van der Waals surface area contributed by atoms with Crippen molar-refractivity contribution in [3.05, 3.63) is 0 Å². The molecule has 0 aromatic rings. The van der Waals surface area contributed by atoms with Crippen LogP contribution in [0, 0.1) is 11.8 Å². The van der Waals surface area contributed by atoms with Crippen molar-refractivity contribution in [2.75, 3.05) is 65.8 Å². The normalized spacial score (nSPS) is 33.9. The zero-order valence-corrected chi connectivity index (χ0v) is 34.1. The van der Waals surface area contributed by atoms with Gasteiger partial charge in [-0.25, -0.2) is 0 Å². The molecule has 1 saturated carbocycles. The molecule has 0 spiro atoms. The summed E-state index contributed by atoms with van der Waals surface area (Å²) in [6, 6.07) is -2.52. The summed E-state index contributed by atoms with van der Waals surface area (Å²) < 4.78 is 75.0. The Morgan fingerprint density at radius 1 is 0.655 bits per heavy atom. The highest BCUT2D eigenvalue weighted by Crippen LogP contribution is 2.38. The molecule has 0 aromatic carbocycles. The Balaban J connectivity index is 0.000000221. The second-order valence-electron chi connectivity index (χ2n) is 16.5. The zero-order chi connectivity index (χ0) is 42.8. The first-order valence-electron chi connectivity index (χ1n) is 19.7. The number of carboxylic acid groups (broad SMARTS) is 2. The average Bonchev–Trinajstić information content (AvgIpc) is 3.87. The van der Waals surface area contributed by atoms with Gasteiger partial charge in [-0.1, -0.05) is 19.3 Å². The van der Waals surface area contributed by atoms with Crippen LogP contribution in [0.15, 0.2) is 0 Å². The number of carboxylic acids is 2. The first-order chi connectivity index (χ1) is 27.1. The molecule has 4 unspecified atom stereocenters. The van der Waals surface area contributed by atoms with E-state index >= 15 is 0 Å². The molecule has 0 bridgehead atoms. The molecule has 5 heterocycles. The molecular weight excluding hydrogens is 810 g/mol. The van der Waals surface area contributed by atoms with Crippen molar-refractivity contribution in [2.45, 2.75) is 105 Å². The molecule has 14 N–H and O–H groups in total. The van der Waals surface area contributed by atoms with Gasteiger partial charge in [0, 0.05) is 56.1 Å². The van der Waals surface area contributed by atoms with Gasteiger partial charge < -0.3 is 67.5 Å². The van der Waals surface area contributed by atoms with E-state index in [2.05, 4.69) is 0 Å². The molecule has 23 nitrogen and oxygen atoms in total. The molecule has 0 amide bonds. The van der Waals surface area contributed by atoms with Crippen molar-refractivity contribution in [1.82, 2.24) is 17.2 Å². The molecule has 27 heteroatoms. The Morgan fingerprint density at radius 2 is 1.03 bits per heavy atom. The summed E-state index contributed by atoms with van der Waals surface area (Å²) in [6.07, 6.45) is 3.70. The first-order valence-corrected chi connectivity index (χ1v) is 22.5. The minimum atomic E-state index is -4.07. The van der Waals surface area contributed by atoms with Gasteiger partial charge in [0.15, 0.2) is 0 Å². The van der Waals surface area contributed by atoms with Crippen LogP contribution in [0.3, 0.4) is 0 Å². The summed E-state index contributed by atoms with van der Waals surface area (Å²) in [4.78, 5) is 23.7. The van der Waals surface area contributed by atoms with E-state index in [0.717, 1.165) is 27.9 Å². The Hall–Kier alpha value is -1.63. The lowest BCUT2D eigenvalue weighted by atomic mass is 9.78. The lowest BCUT2D eigenvalue weighted by Crippen LogP contribution is -2.63. The van der Waals surface area contributed by atoms with Crippen LogP contribution in [0.5, 0.6) is 0 Å². The van der Waals surface area contributed by atoms with Gasteiger partial charge in [-0.2, -0.15) is 34.1 Å². The highest BCUT2D eigenvalue weighted by atomic mass is 32.2. The maximum atomic E-state index is 13.6. The largest absolute Gasteiger partial charge is 0.480 e. The Bertz CT molecular complexity index is 1530. The van der Waals surface area contributed by atoms with Gasteiger partial charge in [-0.15, -0.1) is 0 Å². The maximum absolute atomic E-state index is 13.6. The number of ether oxygens (including phenoxy) is 3. The first kappa shape index (κ1) is 47.4. The van der Waals surface area contributed by atoms with Gasteiger partial charge in [-0.3, -0.25) is 9.59 Å². The molecule has 6 rings (SSSR count). The summed E-state index contributed by atoms with van der Waals surface area (Å²) in [7, 11) is -11.1. The lowest BCUT2D eigenvalue weighted by molar-refractivity contribution is -0.145. The van der Waals surface area contributed by atoms with E-state index in [4.69, 9.17) is 57.2 Å². The molecule has 8 atom stereocenters. The van der Waals surface area contributed by atoms with Crippen LogP contribution in [-0.4, -0.2) is 204 Å². The second kappa shape index (κ2) is 19.2. The third kappa shape index (κ3) is 10.0. The van der Waals surface area contributed by atoms with E-state index in [9.17, 15) is 36.6 Å². The van der Waals surface area contributed by atoms with E-state index in [0.29, 0.717) is 12.8 Å². The predicted octanol–water partition coefficient (Wildman–Crippen LogP) is -5.60. The van der Waals surface area contributed by atoms with Crippen molar-refractivity contribution >= 4 is 46.6 Å². The van der Waals surface area contributed by atoms with Crippen molar-refractivity contribution in [3.8, 4) is 0 Å². The molecule has 5 aliphatic heterocycles. The fourth-order valence-corrected chi connectivity index (χ4v) is 12.8. The van der Waals surface area contributed by atoms with Crippen LogP contribution >= 0.6 is 0 Å². The zero-order valence-electron chi connectivity index (χ0n) is 32.5. The van der Waals surface area contributed by atoms with Crippen LogP contribution in [0.25, 0.3) is 0 Å². The molecule has 0 aromatic heterocycles. The van der Waals surface area contributed by atoms with Gasteiger partial charge in [0.05, 0.1) is 57.8 Å². The topological polar surface area (TPSA) is 369 Å². The quantitative estimate of drug-likeness (QED) is 0.0574. The summed E-state index contributed by atoms with van der Waals surface area (Å²) in [5.41, 5.74) is 21.0. The molecule has 6 aliphatic rings. The van der Waals surface area contributed by atoms with Crippen LogP contribution in [0.1, 0.15) is 44.9 Å². The Labute approximate surface area is 339 Å². The number of hydrogen-bond donors (Lipinski definition) is 10. The molecule has 0 radical (unpaired) electrons. The predicted molar refractivity (Wildman–Crippen MR) is 207 cm³/mol. The van der Waals surface area contributed by atoms with E-state index in [1.807, 2.05) is 0 Å². The third-order valence-electron chi connectivity index (χ3n) is 12.4. The highest BCUT2D eigenvalue weighted by Gasteiger charge is 2.57. The van der Waals surface area contributed by atoms with Crippen LogP contribution < -0.4 is 22.9 Å². The number of aliphatic carboxylic acids is 2. The fraction of sp³-hybridized carbons (Fsp3) is 0.935. The van der Waals surface area contributed by atoms with E-state index in [-0.39, 0.29) is 97.3 Å². The van der Waals surface area contributed by atoms with Gasteiger partial charge in [0.2, 0.25) is 0 Å². The van der Waals surface area contributed by atoms with Gasteiger partial charge in [0.25, 0.3) is 20.4 Å². The average molecular weight is 871 g/mol. The van der Waals surface area contributed by atoms with Gasteiger partial charge in [-0.05, 0) is 38.3 Å². The monoisotopic (exact) mass is 870 g/mol. The smallest absolute Gasteiger partial charge is 0.451 e. The van der Waals surface area contributed by atoms with Gasteiger partial charge in [0.1, 0.15) is 11.1 Å². The van der Waals surface area contributed by atoms with Gasteiger partial charge >= 0.3 is 26.2 Å². The lowest BCUT2D eigenvalue weighted by Gasteiger charge is -2.42. The number of nitrogens with two attached hydrogens (primary N) is 4. The number of nitrogens with zero attached hydrogens (tertiary/aromatic N) is 4. The maximum Gasteiger partial charge on any atom is 0.451 e. The summed E-state index contributed by atoms with van der Waals surface area (Å²) in [5, 5.41) is 55.5. The Kier molecular flexibility index (Phi) is 15.7. The molecule has 1 aliphatic carbocycles. The molecule has 332 valence electrons. The SMILES string of the molecule is NC1COCC1N(C1CCC1)S(=O)(=O)N1C[C@H](CCCB(O)O)[C@](N)(C(=O)O)C1.NC1COCC1N(C1COC1)S(=O)(=O)N1C[C@H](CCCB(O)O)[C@](N)(C(=O)O)C1. The molecular formula is C31H60B2N8O15S2. The standard InChI is InChI=1S/C16H31BN4O7S.C15H29BN4O8S/c18-13-8-28-9-14(13)21(12-4-1-5-12)29(26,27)20-7-11(3-2-6-17(24)25)16(19,10-20)15(22)23;17-12-7-28-8-13(12)20(11-5-27-6-11)29(25,26)19-4-10(2-1-3-16(23)24)15(18,9-19)14(21)22/h11-14,24-25H,1-10,18-19H2,(H,22,23);10-13,23-24H,1-9,17-18H2,(H,21,22)/t11-,13?,14?,16-;10-,12?,13?,15-/m00/s1. The second-order valence-corrected chi connectivity index (χ2v) is 20.1. The highest BCUT2D eigenvalue weighted by molar-refractivity contribution is 7.87. The van der Waals surface area contributed by atoms with Crippen molar-refractivity contribution in [1.29, 1.82) is 0 Å². The third-order valence-corrected chi connectivity index (χ3v) is 16.5. The summed E-state index contributed by atoms with van der Waals surface area (Å²) in [5.74, 6) is -3.85. The van der Waals surface area contributed by atoms with E-state index in [1.165, 1.54) is 8.61 Å². The van der Waals surface area contributed by atoms with Crippen LogP contribution in [0.2, 0.25) is 12.6 Å². The minimum absolute atomic E-state index is 0.0291. The van der Waals surface area contributed by atoms with Crippen molar-refractivity contribution < 1.29 is 70.9 Å². The fourth-order valence-electron chi connectivity index (χ4n) is 8.60. The van der Waals surface area contributed by atoms with E-state index < -0.39 is 99.7 Å². The van der Waals surface area contributed by atoms with Crippen LogP contribution in [0.4, 0.5) is 0 Å².